The highest BCUT2D eigenvalue weighted by Crippen LogP contribution is 2.21. The van der Waals surface area contributed by atoms with Crippen molar-refractivity contribution in [3.05, 3.63) is 65.9 Å². The number of carbonyl (C=O) groups excluding carboxylic acids is 1. The Labute approximate surface area is 161 Å². The number of hydrogen-bond acceptors (Lipinski definition) is 4. The van der Waals surface area contributed by atoms with Crippen LogP contribution in [0.5, 0.6) is 0 Å². The number of aromatic nitrogens is 4. The molecule has 0 bridgehead atoms. The number of H-pyrrole nitrogens is 1. The molecule has 2 heterocycles. The van der Waals surface area contributed by atoms with Crippen LogP contribution in [0, 0.1) is 13.8 Å². The third-order valence-electron chi connectivity index (χ3n) is 4.09. The van der Waals surface area contributed by atoms with E-state index in [1.54, 1.807) is 4.68 Å². The predicted octanol–water partition coefficient (Wildman–Crippen LogP) is 4.10. The molecule has 0 saturated carbocycles. The van der Waals surface area contributed by atoms with Gasteiger partial charge in [-0.3, -0.25) is 4.79 Å². The molecule has 0 spiro atoms. The van der Waals surface area contributed by atoms with Gasteiger partial charge in [-0.15, -0.1) is 0 Å². The first-order valence-electron chi connectivity index (χ1n) is 8.59. The fraction of sp³-hybridized carbons (Fsp3) is 0.150. The number of benzene rings is 2. The lowest BCUT2D eigenvalue weighted by Gasteiger charge is -2.09. The molecule has 0 fully saturated rings. The number of hydrogen-bond donors (Lipinski definition) is 2. The minimum absolute atomic E-state index is 0.103. The van der Waals surface area contributed by atoms with Gasteiger partial charge in [0, 0.05) is 6.07 Å². The molecule has 4 rings (SSSR count). The Morgan fingerprint density at radius 3 is 2.70 bits per heavy atom. The smallest absolute Gasteiger partial charge is 0.236 e. The highest BCUT2D eigenvalue weighted by Gasteiger charge is 2.12. The molecular formula is C20H19N5OS. The summed E-state index contributed by atoms with van der Waals surface area (Å²) in [6, 6.07) is 17.7. The van der Waals surface area contributed by atoms with Crippen LogP contribution in [0.3, 0.4) is 0 Å². The minimum Gasteiger partial charge on any atom is -0.333 e. The summed E-state index contributed by atoms with van der Waals surface area (Å²) in [5.74, 6) is 0.818. The second kappa shape index (κ2) is 7.28. The number of nitrogens with one attached hydrogen (secondary N) is 2. The van der Waals surface area contributed by atoms with Crippen LogP contribution >= 0.6 is 11.8 Å². The summed E-state index contributed by atoms with van der Waals surface area (Å²) in [5, 5.41) is 8.17. The molecule has 0 atom stereocenters. The molecule has 0 aliphatic heterocycles. The molecule has 0 radical (unpaired) electrons. The van der Waals surface area contributed by atoms with Crippen molar-refractivity contribution in [2.24, 2.45) is 0 Å². The maximum absolute atomic E-state index is 12.4. The number of fused-ring (bicyclic) bond motifs is 1. The van der Waals surface area contributed by atoms with Gasteiger partial charge >= 0.3 is 0 Å². The van der Waals surface area contributed by atoms with E-state index in [0.29, 0.717) is 5.82 Å². The lowest BCUT2D eigenvalue weighted by molar-refractivity contribution is -0.113. The largest absolute Gasteiger partial charge is 0.333 e. The summed E-state index contributed by atoms with van der Waals surface area (Å²) in [6.45, 7) is 3.94. The molecular weight excluding hydrogens is 358 g/mol. The SMILES string of the molecule is Cc1ccc(-n2nc(C)cc2NC(=O)CSc2nc3ccccc3[nH]2)cc1. The van der Waals surface area contributed by atoms with Crippen LogP contribution in [-0.2, 0) is 4.79 Å². The fourth-order valence-corrected chi connectivity index (χ4v) is 3.47. The van der Waals surface area contributed by atoms with Gasteiger partial charge in [-0.25, -0.2) is 9.67 Å². The van der Waals surface area contributed by atoms with Crippen LogP contribution in [0.4, 0.5) is 5.82 Å². The van der Waals surface area contributed by atoms with Gasteiger partial charge in [-0.2, -0.15) is 5.10 Å². The van der Waals surface area contributed by atoms with Gasteiger partial charge in [-0.05, 0) is 38.1 Å². The van der Waals surface area contributed by atoms with Gasteiger partial charge in [0.25, 0.3) is 0 Å². The van der Waals surface area contributed by atoms with Gasteiger partial charge in [-0.1, -0.05) is 41.6 Å². The number of amides is 1. The van der Waals surface area contributed by atoms with E-state index in [2.05, 4.69) is 20.4 Å². The number of aryl methyl sites for hydroxylation is 2. The van der Waals surface area contributed by atoms with Crippen LogP contribution in [0.15, 0.2) is 59.8 Å². The second-order valence-electron chi connectivity index (χ2n) is 6.31. The summed E-state index contributed by atoms with van der Waals surface area (Å²) in [5.41, 5.74) is 4.79. The fourth-order valence-electron chi connectivity index (χ4n) is 2.78. The van der Waals surface area contributed by atoms with E-state index in [0.717, 1.165) is 27.6 Å². The van der Waals surface area contributed by atoms with Crippen LogP contribution in [-0.4, -0.2) is 31.4 Å². The highest BCUT2D eigenvalue weighted by molar-refractivity contribution is 7.99. The molecule has 136 valence electrons. The zero-order valence-corrected chi connectivity index (χ0v) is 15.9. The molecule has 4 aromatic rings. The van der Waals surface area contributed by atoms with E-state index in [-0.39, 0.29) is 11.7 Å². The first kappa shape index (κ1) is 17.4. The van der Waals surface area contributed by atoms with Gasteiger partial charge in [0.2, 0.25) is 5.91 Å². The van der Waals surface area contributed by atoms with Gasteiger partial charge in [0.15, 0.2) is 5.16 Å². The van der Waals surface area contributed by atoms with Crippen molar-refractivity contribution in [1.82, 2.24) is 19.7 Å². The topological polar surface area (TPSA) is 75.6 Å². The number of aromatic amines is 1. The third kappa shape index (κ3) is 3.88. The van der Waals surface area contributed by atoms with E-state index >= 15 is 0 Å². The lowest BCUT2D eigenvalue weighted by Crippen LogP contribution is -2.17. The molecule has 7 heteroatoms. The Balaban J connectivity index is 1.45. The van der Waals surface area contributed by atoms with E-state index in [9.17, 15) is 4.79 Å². The van der Waals surface area contributed by atoms with E-state index in [1.807, 2.05) is 68.4 Å². The normalized spacial score (nSPS) is 11.0. The third-order valence-corrected chi connectivity index (χ3v) is 4.96. The first-order valence-corrected chi connectivity index (χ1v) is 9.58. The van der Waals surface area contributed by atoms with Crippen LogP contribution in [0.1, 0.15) is 11.3 Å². The van der Waals surface area contributed by atoms with Crippen molar-refractivity contribution in [3.8, 4) is 5.69 Å². The summed E-state index contributed by atoms with van der Waals surface area (Å²) in [4.78, 5) is 20.1. The molecule has 0 aliphatic rings. The standard InChI is InChI=1S/C20H19N5OS/c1-13-7-9-15(10-8-13)25-18(11-14(2)24-25)23-19(26)12-27-20-21-16-5-3-4-6-17(16)22-20/h3-11H,12H2,1-2H3,(H,21,22)(H,23,26). The molecule has 2 aromatic heterocycles. The molecule has 2 aromatic carbocycles. The molecule has 0 unspecified atom stereocenters. The number of nitrogens with zero attached hydrogens (tertiary/aromatic N) is 3. The summed E-state index contributed by atoms with van der Waals surface area (Å²) >= 11 is 1.38. The van der Waals surface area contributed by atoms with Crippen LogP contribution in [0.2, 0.25) is 0 Å². The Bertz CT molecular complexity index is 1060. The molecule has 1 amide bonds. The van der Waals surface area contributed by atoms with E-state index < -0.39 is 0 Å². The number of carbonyl (C=O) groups is 1. The minimum atomic E-state index is -0.103. The first-order chi connectivity index (χ1) is 13.1. The second-order valence-corrected chi connectivity index (χ2v) is 7.28. The Hall–Kier alpha value is -3.06. The summed E-state index contributed by atoms with van der Waals surface area (Å²) in [7, 11) is 0. The van der Waals surface area contributed by atoms with Crippen molar-refractivity contribution in [3.63, 3.8) is 0 Å². The summed E-state index contributed by atoms with van der Waals surface area (Å²) < 4.78 is 1.75. The zero-order valence-electron chi connectivity index (χ0n) is 15.1. The van der Waals surface area contributed by atoms with E-state index in [1.165, 1.54) is 17.3 Å². The van der Waals surface area contributed by atoms with Crippen molar-refractivity contribution in [2.75, 3.05) is 11.1 Å². The zero-order chi connectivity index (χ0) is 18.8. The molecule has 0 aliphatic carbocycles. The predicted molar refractivity (Wildman–Crippen MR) is 108 cm³/mol. The molecule has 0 saturated heterocycles. The van der Waals surface area contributed by atoms with E-state index in [4.69, 9.17) is 0 Å². The average molecular weight is 377 g/mol. The van der Waals surface area contributed by atoms with Gasteiger partial charge < -0.3 is 10.3 Å². The summed E-state index contributed by atoms with van der Waals surface area (Å²) in [6.07, 6.45) is 0. The van der Waals surface area contributed by atoms with Crippen molar-refractivity contribution in [2.45, 2.75) is 19.0 Å². The highest BCUT2D eigenvalue weighted by atomic mass is 32.2. The maximum Gasteiger partial charge on any atom is 0.236 e. The molecule has 6 nitrogen and oxygen atoms in total. The van der Waals surface area contributed by atoms with Crippen molar-refractivity contribution < 1.29 is 4.79 Å². The quantitative estimate of drug-likeness (QED) is 0.514. The Morgan fingerprint density at radius 2 is 1.93 bits per heavy atom. The number of anilines is 1. The van der Waals surface area contributed by atoms with Crippen LogP contribution < -0.4 is 5.32 Å². The number of imidazole rings is 1. The van der Waals surface area contributed by atoms with Gasteiger partial charge in [0.05, 0.1) is 28.2 Å². The number of rotatable bonds is 5. The van der Waals surface area contributed by atoms with Crippen molar-refractivity contribution >= 4 is 34.5 Å². The average Bonchev–Trinajstić information content (AvgIpc) is 3.23. The monoisotopic (exact) mass is 377 g/mol. The lowest BCUT2D eigenvalue weighted by atomic mass is 10.2. The Kier molecular flexibility index (Phi) is 4.68. The number of thioether (sulfide) groups is 1. The Morgan fingerprint density at radius 1 is 1.15 bits per heavy atom. The molecule has 27 heavy (non-hydrogen) atoms. The maximum atomic E-state index is 12.4. The van der Waals surface area contributed by atoms with Gasteiger partial charge in [0.1, 0.15) is 5.82 Å². The number of para-hydroxylation sites is 2. The van der Waals surface area contributed by atoms with Crippen LogP contribution in [0.25, 0.3) is 16.7 Å². The molecule has 2 N–H and O–H groups in total. The van der Waals surface area contributed by atoms with Crippen molar-refractivity contribution in [1.29, 1.82) is 0 Å².